The van der Waals surface area contributed by atoms with Crippen molar-refractivity contribution in [2.45, 2.75) is 18.2 Å². The largest absolute Gasteiger partial charge is 0.502 e. The predicted molar refractivity (Wildman–Crippen MR) is 102 cm³/mol. The van der Waals surface area contributed by atoms with E-state index in [2.05, 4.69) is 20.7 Å². The zero-order valence-electron chi connectivity index (χ0n) is 13.3. The van der Waals surface area contributed by atoms with E-state index in [0.29, 0.717) is 0 Å². The number of benzene rings is 1. The highest BCUT2D eigenvalue weighted by atomic mass is 79.9. The Bertz CT molecular complexity index is 870. The first-order valence-electron chi connectivity index (χ1n) is 7.22. The van der Waals surface area contributed by atoms with Crippen molar-refractivity contribution in [2.75, 3.05) is 6.54 Å². The highest BCUT2D eigenvalue weighted by Gasteiger charge is 2.30. The van der Waals surface area contributed by atoms with E-state index in [1.165, 1.54) is 6.92 Å². The lowest BCUT2D eigenvalue weighted by Gasteiger charge is -2.08. The van der Waals surface area contributed by atoms with Gasteiger partial charge in [0, 0.05) is 13.5 Å². The van der Waals surface area contributed by atoms with Crippen LogP contribution in [0.15, 0.2) is 22.6 Å². The van der Waals surface area contributed by atoms with Crippen molar-refractivity contribution < 1.29 is 27.5 Å². The van der Waals surface area contributed by atoms with Gasteiger partial charge >= 0.3 is 5.97 Å². The van der Waals surface area contributed by atoms with Gasteiger partial charge in [-0.05, 0) is 18.6 Å². The topological polar surface area (TPSA) is 106 Å². The first kappa shape index (κ1) is 21.0. The Morgan fingerprint density at radius 1 is 1.38 bits per heavy atom. The van der Waals surface area contributed by atoms with Gasteiger partial charge < -0.3 is 14.3 Å². The molecule has 2 aromatic rings. The zero-order chi connectivity index (χ0) is 19.4. The van der Waals surface area contributed by atoms with E-state index < -0.39 is 27.4 Å². The summed E-state index contributed by atoms with van der Waals surface area (Å²) in [6.07, 6.45) is 0.264. The fraction of sp³-hybridized carbons (Fsp3) is 0.267. The molecule has 2 rings (SSSR count). The number of nitrogens with one attached hydrogen (secondary N) is 1. The second kappa shape index (κ2) is 9.09. The minimum absolute atomic E-state index is 0.0563. The van der Waals surface area contributed by atoms with Gasteiger partial charge in [0.2, 0.25) is 22.4 Å². The molecule has 7 nitrogen and oxygen atoms in total. The molecule has 0 saturated heterocycles. The first-order chi connectivity index (χ1) is 12.2. The van der Waals surface area contributed by atoms with E-state index in [4.69, 9.17) is 32.4 Å². The van der Waals surface area contributed by atoms with Crippen LogP contribution in [-0.4, -0.2) is 26.0 Å². The van der Waals surface area contributed by atoms with Crippen LogP contribution < -0.4 is 9.46 Å². The smallest absolute Gasteiger partial charge is 0.308 e. The quantitative estimate of drug-likeness (QED) is 0.312. The van der Waals surface area contributed by atoms with Gasteiger partial charge in [0.1, 0.15) is 0 Å². The minimum Gasteiger partial charge on any atom is -0.502 e. The summed E-state index contributed by atoms with van der Waals surface area (Å²) in [6, 6.07) is 4.76. The number of esters is 1. The molecule has 2 N–H and O–H groups in total. The minimum atomic E-state index is -2.74. The fourth-order valence-electron chi connectivity index (χ4n) is 2.17. The molecule has 0 aliphatic rings. The molecule has 0 fully saturated rings. The fourth-order valence-corrected chi connectivity index (χ4v) is 3.58. The molecule has 26 heavy (non-hydrogen) atoms. The number of aromatic hydroxyl groups is 1. The molecule has 0 aliphatic carbocycles. The first-order valence-corrected chi connectivity index (χ1v) is 10.1. The highest BCUT2D eigenvalue weighted by molar-refractivity contribution is 9.09. The number of carbonyl (C=O) groups excluding carboxylic acids is 1. The van der Waals surface area contributed by atoms with Gasteiger partial charge in [0.25, 0.3) is 0 Å². The number of hydrogen-bond donors (Lipinski definition) is 3. The van der Waals surface area contributed by atoms with Crippen LogP contribution >= 0.6 is 39.1 Å². The number of ether oxygens (including phenoxy) is 1. The van der Waals surface area contributed by atoms with Gasteiger partial charge in [0.15, 0.2) is 11.5 Å². The Kier molecular flexibility index (Phi) is 7.36. The normalized spacial score (nSPS) is 12.3. The third kappa shape index (κ3) is 4.92. The van der Waals surface area contributed by atoms with Gasteiger partial charge in [-0.2, -0.15) is 0 Å². The molecule has 11 heteroatoms. The summed E-state index contributed by atoms with van der Waals surface area (Å²) in [5, 5.41) is 11.0. The summed E-state index contributed by atoms with van der Waals surface area (Å²) < 4.78 is 34.2. The molecule has 0 bridgehead atoms. The van der Waals surface area contributed by atoms with Crippen molar-refractivity contribution in [3.63, 3.8) is 0 Å². The van der Waals surface area contributed by atoms with Crippen molar-refractivity contribution in [2.24, 2.45) is 0 Å². The van der Waals surface area contributed by atoms with Crippen molar-refractivity contribution in [1.82, 2.24) is 4.72 Å². The maximum atomic E-state index is 11.4. The van der Waals surface area contributed by atoms with E-state index in [9.17, 15) is 18.3 Å². The molecule has 1 heterocycles. The number of thiol groups is 1. The molecular formula is C15H14BrCl2NO6S. The third-order valence-electron chi connectivity index (χ3n) is 3.22. The van der Waals surface area contributed by atoms with E-state index in [1.54, 1.807) is 18.2 Å². The number of hydrogen-bond acceptors (Lipinski definition) is 6. The van der Waals surface area contributed by atoms with E-state index in [0.717, 1.165) is 0 Å². The zero-order valence-corrected chi connectivity index (χ0v) is 17.3. The Balaban J connectivity index is 2.49. The molecule has 0 saturated carbocycles. The average molecular weight is 487 g/mol. The number of rotatable bonds is 7. The molecule has 0 radical (unpaired) electrons. The number of carbonyl (C=O) groups is 1. The van der Waals surface area contributed by atoms with Crippen molar-refractivity contribution in [3.05, 3.63) is 34.0 Å². The van der Waals surface area contributed by atoms with E-state index in [1.807, 2.05) is 0 Å². The second-order valence-electron chi connectivity index (χ2n) is 5.08. The summed E-state index contributed by atoms with van der Waals surface area (Å²) in [4.78, 5) is 10.8. The summed E-state index contributed by atoms with van der Waals surface area (Å²) in [5.41, 5.74) is 0.244. The van der Waals surface area contributed by atoms with E-state index in [-0.39, 0.29) is 45.8 Å². The van der Waals surface area contributed by atoms with Gasteiger partial charge in [0.05, 0.1) is 20.4 Å². The predicted octanol–water partition coefficient (Wildman–Crippen LogP) is 3.83. The number of furan rings is 1. The van der Waals surface area contributed by atoms with Crippen molar-refractivity contribution in [3.8, 4) is 22.8 Å². The van der Waals surface area contributed by atoms with Crippen LogP contribution in [0.5, 0.6) is 11.5 Å². The Labute approximate surface area is 169 Å². The van der Waals surface area contributed by atoms with Crippen molar-refractivity contribution >= 4 is 56.0 Å². The Hall–Kier alpha value is -1.26. The lowest BCUT2D eigenvalue weighted by Crippen LogP contribution is -2.14. The molecule has 0 amide bonds. The molecule has 142 valence electrons. The molecule has 1 aromatic heterocycles. The van der Waals surface area contributed by atoms with Crippen LogP contribution in [0, 0.1) is 0 Å². The Morgan fingerprint density at radius 2 is 2.00 bits per heavy atom. The van der Waals surface area contributed by atoms with Crippen LogP contribution in [0.4, 0.5) is 0 Å². The van der Waals surface area contributed by atoms with Gasteiger partial charge in [-0.15, -0.1) is 0 Å². The molecule has 0 aliphatic heterocycles. The van der Waals surface area contributed by atoms with Gasteiger partial charge in [-0.1, -0.05) is 45.2 Å². The Morgan fingerprint density at radius 3 is 2.54 bits per heavy atom. The van der Waals surface area contributed by atoms with Crippen LogP contribution in [0.1, 0.15) is 23.9 Å². The average Bonchev–Trinajstić information content (AvgIpc) is 2.84. The number of halogens is 3. The van der Waals surface area contributed by atoms with Crippen LogP contribution in [0.25, 0.3) is 11.3 Å². The second-order valence-corrected chi connectivity index (χ2v) is 7.84. The van der Waals surface area contributed by atoms with Crippen LogP contribution in [0.2, 0.25) is 10.0 Å². The maximum Gasteiger partial charge on any atom is 0.308 e. The SMILES string of the molecule is CC(=O)Oc1c(C(Br)CCN[SH](=O)=O)oc(-c2c(Cl)cccc2Cl)c1O. The summed E-state index contributed by atoms with van der Waals surface area (Å²) >= 11 is 15.6. The molecule has 1 aromatic carbocycles. The molecular weight excluding hydrogens is 473 g/mol. The molecule has 1 atom stereocenters. The van der Waals surface area contributed by atoms with Crippen LogP contribution in [-0.2, 0) is 15.7 Å². The highest BCUT2D eigenvalue weighted by Crippen LogP contribution is 2.50. The summed E-state index contributed by atoms with van der Waals surface area (Å²) in [6.45, 7) is 1.28. The third-order valence-corrected chi connectivity index (χ3v) is 5.21. The monoisotopic (exact) mass is 485 g/mol. The summed E-state index contributed by atoms with van der Waals surface area (Å²) in [5.74, 6) is -1.24. The molecule has 1 unspecified atom stereocenters. The van der Waals surface area contributed by atoms with Crippen LogP contribution in [0.3, 0.4) is 0 Å². The lowest BCUT2D eigenvalue weighted by molar-refractivity contribution is -0.132. The standard InChI is InChI=1S/C15H14BrCl2NO6S/c1-7(20)24-15-12(21)14(11-9(17)3-2-4-10(11)18)25-13(15)8(16)5-6-19-26(22)23/h2-4,8,21,26H,5-6H2,1H3,(H,19,22,23). The van der Waals surface area contributed by atoms with E-state index >= 15 is 0 Å². The number of alkyl halides is 1. The molecule has 0 spiro atoms. The summed E-state index contributed by atoms with van der Waals surface area (Å²) in [7, 11) is -2.74. The van der Waals surface area contributed by atoms with Gasteiger partial charge in [-0.25, -0.2) is 13.1 Å². The van der Waals surface area contributed by atoms with Gasteiger partial charge in [-0.3, -0.25) is 4.79 Å². The van der Waals surface area contributed by atoms with Crippen molar-refractivity contribution in [1.29, 1.82) is 0 Å². The maximum absolute atomic E-state index is 11.4. The lowest BCUT2D eigenvalue weighted by atomic mass is 10.1.